The van der Waals surface area contributed by atoms with Crippen molar-refractivity contribution >= 4 is 30.0 Å². The molecule has 4 fully saturated rings. The minimum atomic E-state index is -0.389. The number of esters is 2. The van der Waals surface area contributed by atoms with Crippen molar-refractivity contribution in [3.05, 3.63) is 47.3 Å². The van der Waals surface area contributed by atoms with Crippen LogP contribution in [0.5, 0.6) is 0 Å². The van der Waals surface area contributed by atoms with Gasteiger partial charge in [-0.15, -0.1) is 35.5 Å². The van der Waals surface area contributed by atoms with Gasteiger partial charge in [0, 0.05) is 96.5 Å². The third-order valence-electron chi connectivity index (χ3n) is 18.8. The van der Waals surface area contributed by atoms with Crippen LogP contribution in [0.3, 0.4) is 0 Å². The summed E-state index contributed by atoms with van der Waals surface area (Å²) in [6.07, 6.45) is 20.0. The van der Waals surface area contributed by atoms with Gasteiger partial charge in [0.2, 0.25) is 0 Å². The Morgan fingerprint density at radius 3 is 1.27 bits per heavy atom. The lowest BCUT2D eigenvalue weighted by molar-refractivity contribution is -0.145. The van der Waals surface area contributed by atoms with E-state index in [0.717, 1.165) is 114 Å². The lowest BCUT2D eigenvalue weighted by Gasteiger charge is -2.08. The summed E-state index contributed by atoms with van der Waals surface area (Å²) in [7, 11) is 1.63. The zero-order valence-electron chi connectivity index (χ0n) is 50.1. The van der Waals surface area contributed by atoms with E-state index in [0.29, 0.717) is 195 Å². The first-order chi connectivity index (χ1) is 41.7. The van der Waals surface area contributed by atoms with Gasteiger partial charge in [-0.1, -0.05) is 0 Å². The molecule has 2 aromatic rings. The zero-order chi connectivity index (χ0) is 59.0. The summed E-state index contributed by atoms with van der Waals surface area (Å²) in [4.78, 5) is 60.0. The lowest BCUT2D eigenvalue weighted by Crippen LogP contribution is -2.29. The molecule has 1 aromatic carbocycles. The number of hydrogen-bond donors (Lipinski definition) is 3. The van der Waals surface area contributed by atoms with E-state index in [9.17, 15) is 24.0 Å². The number of aromatic nitrogens is 2. The number of hydrogen-bond acceptors (Lipinski definition) is 14. The Balaban J connectivity index is 0.000000214. The number of benzene rings is 1. The standard InChI is InChI=1S/C38H50N4O7.C29H41NO6/c1-39-37(44)26-10-13-28(14-11-26)42-23-27-12-15-31-32(16-17-35(27)41-42)33(31)24-48-36(43)9-6-19-46-21-22-47-20-18-40-38(45)49-25-34-29-7-4-2-3-5-8-30(29)34;31-28(35-20-26-22-10-5-1-2-6-11-23(22)26)14-9-16-33-18-19-34-17-15-30-29(32)36-21-27-24-12-7-3-4-8-13-25(24)27/h10-11,13-14,23,29-34H,4-9,12,15-22,24-25H2,1H3,(H,39,44)(H,40,45);22-27H,5-21H2,(H,30,32). The summed E-state index contributed by atoms with van der Waals surface area (Å²) < 4.78 is 46.0. The average Bonchev–Trinajstić information content (AvgIpc) is 3.03. The first kappa shape index (κ1) is 63.4. The van der Waals surface area contributed by atoms with Gasteiger partial charge in [-0.05, 0) is 178 Å². The third kappa shape index (κ3) is 20.2. The molecule has 0 radical (unpaired) electrons. The molecule has 4 saturated carbocycles. The molecule has 8 aliphatic rings. The molecule has 3 amide bonds. The summed E-state index contributed by atoms with van der Waals surface area (Å²) in [5.74, 6) is 26.0. The fourth-order valence-corrected chi connectivity index (χ4v) is 13.7. The highest BCUT2D eigenvalue weighted by molar-refractivity contribution is 5.94. The Labute approximate surface area is 503 Å². The number of amides is 3. The fourth-order valence-electron chi connectivity index (χ4n) is 13.7. The number of carbonyl (C=O) groups excluding carboxylic acids is 5. The second kappa shape index (κ2) is 33.7. The van der Waals surface area contributed by atoms with Crippen molar-refractivity contribution in [3.8, 4) is 41.2 Å². The molecule has 10 rings (SSSR count). The van der Waals surface area contributed by atoms with Gasteiger partial charge in [-0.3, -0.25) is 14.4 Å². The molecule has 18 heteroatoms. The first-order valence-corrected chi connectivity index (χ1v) is 32.0. The minimum absolute atomic E-state index is 0.101. The highest BCUT2D eigenvalue weighted by Gasteiger charge is 2.52. The number of carbonyl (C=O) groups is 5. The van der Waals surface area contributed by atoms with Gasteiger partial charge < -0.3 is 53.8 Å². The van der Waals surface area contributed by atoms with E-state index >= 15 is 0 Å². The molecule has 0 bridgehead atoms. The summed E-state index contributed by atoms with van der Waals surface area (Å²) in [5, 5.41) is 13.0. The predicted molar refractivity (Wildman–Crippen MR) is 317 cm³/mol. The van der Waals surface area contributed by atoms with Crippen molar-refractivity contribution in [1.29, 1.82) is 0 Å². The molecule has 18 nitrogen and oxygen atoms in total. The van der Waals surface area contributed by atoms with Gasteiger partial charge in [0.05, 0.1) is 77.5 Å². The smallest absolute Gasteiger partial charge is 0.407 e. The van der Waals surface area contributed by atoms with E-state index in [2.05, 4.69) is 57.7 Å². The van der Waals surface area contributed by atoms with E-state index < -0.39 is 0 Å². The molecular weight excluding hydrogens is 1080 g/mol. The van der Waals surface area contributed by atoms with Crippen LogP contribution in [0.4, 0.5) is 9.59 Å². The van der Waals surface area contributed by atoms with E-state index in [-0.39, 0.29) is 30.0 Å². The van der Waals surface area contributed by atoms with Gasteiger partial charge in [0.1, 0.15) is 0 Å². The van der Waals surface area contributed by atoms with Crippen molar-refractivity contribution in [2.24, 2.45) is 71.0 Å². The summed E-state index contributed by atoms with van der Waals surface area (Å²) in [6.45, 7) is 6.38. The Morgan fingerprint density at radius 2 is 0.859 bits per heavy atom. The highest BCUT2D eigenvalue weighted by Crippen LogP contribution is 2.55. The van der Waals surface area contributed by atoms with Crippen LogP contribution in [-0.4, -0.2) is 139 Å². The molecule has 462 valence electrons. The number of alkyl carbamates (subject to hydrolysis) is 2. The molecule has 85 heavy (non-hydrogen) atoms. The fraction of sp³-hybridized carbons (Fsp3) is 0.701. The van der Waals surface area contributed by atoms with Crippen LogP contribution in [0.1, 0.15) is 137 Å². The molecule has 1 aromatic heterocycles. The molecule has 0 aliphatic heterocycles. The van der Waals surface area contributed by atoms with E-state index in [1.807, 2.05) is 28.9 Å². The van der Waals surface area contributed by atoms with Crippen LogP contribution in [0.25, 0.3) is 5.69 Å². The lowest BCUT2D eigenvalue weighted by atomic mass is 9.99. The molecule has 1 heterocycles. The van der Waals surface area contributed by atoms with Gasteiger partial charge in [-0.25, -0.2) is 14.3 Å². The second-order valence-electron chi connectivity index (χ2n) is 24.1. The van der Waals surface area contributed by atoms with Gasteiger partial charge >= 0.3 is 24.1 Å². The van der Waals surface area contributed by atoms with E-state index in [1.54, 1.807) is 7.05 Å². The number of ether oxygens (including phenoxy) is 8. The maximum Gasteiger partial charge on any atom is 0.407 e. The van der Waals surface area contributed by atoms with Crippen LogP contribution in [0.2, 0.25) is 0 Å². The van der Waals surface area contributed by atoms with Crippen LogP contribution in [0.15, 0.2) is 30.5 Å². The Hall–Kier alpha value is -6.10. The highest BCUT2D eigenvalue weighted by atomic mass is 16.6. The monoisotopic (exact) mass is 1170 g/mol. The van der Waals surface area contributed by atoms with Crippen molar-refractivity contribution in [3.63, 3.8) is 0 Å². The van der Waals surface area contributed by atoms with Crippen LogP contribution in [-0.2, 0) is 60.3 Å². The SMILES string of the molecule is CNC(=O)c1ccc(-n2cc3c(n2)CCC2C(CC3)C2COC(=O)CCCOCCOCCNC(=O)OCC2C3CCC#CCCC32)cc1.O=C(CCCOCCOCCNC(=O)OCC1C2CCC#CCCC21)OCC1C2CCC#CCCC21. The number of nitrogens with zero attached hydrogens (tertiary/aromatic N) is 2. The van der Waals surface area contributed by atoms with Crippen molar-refractivity contribution < 1.29 is 61.9 Å². The number of rotatable bonds is 30. The van der Waals surface area contributed by atoms with Gasteiger partial charge in [0.15, 0.2) is 0 Å². The molecule has 9 atom stereocenters. The average molecular weight is 1170 g/mol. The first-order valence-electron chi connectivity index (χ1n) is 32.0. The largest absolute Gasteiger partial charge is 0.465 e. The minimum Gasteiger partial charge on any atom is -0.465 e. The summed E-state index contributed by atoms with van der Waals surface area (Å²) in [6, 6.07) is 7.49. The van der Waals surface area contributed by atoms with Gasteiger partial charge in [0.25, 0.3) is 5.91 Å². The maximum atomic E-state index is 12.4. The Kier molecular flexibility index (Phi) is 25.1. The third-order valence-corrected chi connectivity index (χ3v) is 18.8. The van der Waals surface area contributed by atoms with Gasteiger partial charge in [-0.2, -0.15) is 5.10 Å². The topological polar surface area (TPSA) is 213 Å². The predicted octanol–water partition coefficient (Wildman–Crippen LogP) is 8.44. The quantitative estimate of drug-likeness (QED) is 0.0290. The normalized spacial score (nSPS) is 26.9. The Morgan fingerprint density at radius 1 is 0.482 bits per heavy atom. The number of nitrogens with one attached hydrogen (secondary N) is 3. The summed E-state index contributed by atoms with van der Waals surface area (Å²) >= 11 is 0. The number of aryl methyl sites for hydroxylation is 2. The second-order valence-corrected chi connectivity index (χ2v) is 24.1. The molecule has 0 saturated heterocycles. The zero-order valence-corrected chi connectivity index (χ0v) is 50.1. The van der Waals surface area contributed by atoms with E-state index in [4.69, 9.17) is 43.0 Å². The Bertz CT molecular complexity index is 2540. The molecule has 8 aliphatic carbocycles. The van der Waals surface area contributed by atoms with E-state index in [1.165, 1.54) is 5.56 Å². The van der Waals surface area contributed by atoms with Crippen LogP contribution >= 0.6 is 0 Å². The molecule has 3 N–H and O–H groups in total. The van der Waals surface area contributed by atoms with Crippen molar-refractivity contribution in [1.82, 2.24) is 25.7 Å². The molecular formula is C67H91N5O13. The molecule has 0 spiro atoms. The van der Waals surface area contributed by atoms with Crippen molar-refractivity contribution in [2.75, 3.05) is 99.4 Å². The number of fused-ring (bicyclic) bond motifs is 5. The molecule has 9 unspecified atom stereocenters. The van der Waals surface area contributed by atoms with Crippen LogP contribution < -0.4 is 16.0 Å². The maximum absolute atomic E-state index is 12.4. The van der Waals surface area contributed by atoms with Crippen molar-refractivity contribution in [2.45, 2.75) is 128 Å². The van der Waals surface area contributed by atoms with Crippen LogP contribution in [0, 0.1) is 107 Å². The summed E-state index contributed by atoms with van der Waals surface area (Å²) in [5.41, 5.74) is 3.99.